The molecule has 0 saturated heterocycles. The number of amides is 1. The number of carbonyl (C=O) groups excluding carboxylic acids is 1. The Labute approximate surface area is 129 Å². The molecule has 0 radical (unpaired) electrons. The third kappa shape index (κ3) is 6.54. The summed E-state index contributed by atoms with van der Waals surface area (Å²) in [7, 11) is -3.07. The van der Waals surface area contributed by atoms with Gasteiger partial charge in [-0.2, -0.15) is 0 Å². The highest BCUT2D eigenvalue weighted by Gasteiger charge is 2.08. The molecule has 0 aliphatic heterocycles. The van der Waals surface area contributed by atoms with Gasteiger partial charge in [0.05, 0.1) is 5.75 Å². The van der Waals surface area contributed by atoms with Crippen LogP contribution in [-0.4, -0.2) is 44.0 Å². The molecular weight excluding hydrogens is 312 g/mol. The van der Waals surface area contributed by atoms with Crippen LogP contribution in [0.25, 0.3) is 0 Å². The van der Waals surface area contributed by atoms with Crippen molar-refractivity contribution < 1.29 is 17.9 Å². The Morgan fingerprint density at radius 3 is 2.48 bits per heavy atom. The van der Waals surface area contributed by atoms with Crippen molar-refractivity contribution in [3.8, 4) is 5.75 Å². The molecule has 21 heavy (non-hydrogen) atoms. The molecule has 0 aliphatic carbocycles. The summed E-state index contributed by atoms with van der Waals surface area (Å²) in [4.78, 5) is 11.8. The summed E-state index contributed by atoms with van der Waals surface area (Å²) in [5.41, 5.74) is 6.18. The average molecular weight is 330 g/mol. The maximum absolute atomic E-state index is 11.5. The molecule has 0 bridgehead atoms. The zero-order valence-corrected chi connectivity index (χ0v) is 13.3. The van der Waals surface area contributed by atoms with Gasteiger partial charge in [-0.25, -0.2) is 8.42 Å². The van der Waals surface area contributed by atoms with E-state index in [1.807, 2.05) is 0 Å². The Morgan fingerprint density at radius 2 is 1.95 bits per heavy atom. The van der Waals surface area contributed by atoms with Gasteiger partial charge in [0.25, 0.3) is 5.91 Å². The lowest BCUT2D eigenvalue weighted by atomic mass is 10.2. The van der Waals surface area contributed by atoms with Gasteiger partial charge in [0.2, 0.25) is 0 Å². The predicted molar refractivity (Wildman–Crippen MR) is 85.2 cm³/mol. The van der Waals surface area contributed by atoms with E-state index in [1.165, 1.54) is 0 Å². The Kier molecular flexibility index (Phi) is 6.57. The summed E-state index contributed by atoms with van der Waals surface area (Å²) in [6.07, 6.45) is 0. The lowest BCUT2D eigenvalue weighted by Gasteiger charge is -2.08. The van der Waals surface area contributed by atoms with Gasteiger partial charge in [0, 0.05) is 17.9 Å². The zero-order chi connectivity index (χ0) is 15.9. The van der Waals surface area contributed by atoms with Gasteiger partial charge in [-0.15, -0.1) is 0 Å². The molecule has 0 spiro atoms. The highest BCUT2D eigenvalue weighted by Crippen LogP contribution is 2.11. The van der Waals surface area contributed by atoms with Crippen molar-refractivity contribution in [3.63, 3.8) is 0 Å². The standard InChI is InChI=1S/C13H18N2O4S2/c1-2-21(17,18)8-7-15-12(16)9-19-11-5-3-10(4-6-11)13(14)20/h3-6H,2,7-9H2,1H3,(H2,14,20)(H,15,16). The largest absolute Gasteiger partial charge is 0.484 e. The van der Waals surface area contributed by atoms with Crippen LogP contribution in [0.2, 0.25) is 0 Å². The van der Waals surface area contributed by atoms with Crippen LogP contribution in [0.15, 0.2) is 24.3 Å². The molecule has 8 heteroatoms. The lowest BCUT2D eigenvalue weighted by Crippen LogP contribution is -2.33. The van der Waals surface area contributed by atoms with Crippen molar-refractivity contribution in [3.05, 3.63) is 29.8 Å². The number of hydrogen-bond acceptors (Lipinski definition) is 5. The fraction of sp³-hybridized carbons (Fsp3) is 0.385. The van der Waals surface area contributed by atoms with E-state index in [2.05, 4.69) is 5.32 Å². The van der Waals surface area contributed by atoms with E-state index in [9.17, 15) is 13.2 Å². The predicted octanol–water partition coefficient (Wildman–Crippen LogP) is 0.251. The van der Waals surface area contributed by atoms with Crippen molar-refractivity contribution in [1.29, 1.82) is 0 Å². The van der Waals surface area contributed by atoms with Crippen LogP contribution in [0, 0.1) is 0 Å². The minimum Gasteiger partial charge on any atom is -0.484 e. The van der Waals surface area contributed by atoms with Crippen LogP contribution in [0.1, 0.15) is 12.5 Å². The van der Waals surface area contributed by atoms with Crippen LogP contribution >= 0.6 is 12.2 Å². The zero-order valence-electron chi connectivity index (χ0n) is 11.7. The summed E-state index contributed by atoms with van der Waals surface area (Å²) in [6, 6.07) is 6.71. The molecule has 0 aliphatic rings. The van der Waals surface area contributed by atoms with Crippen molar-refractivity contribution >= 4 is 33.0 Å². The summed E-state index contributed by atoms with van der Waals surface area (Å²) in [5, 5.41) is 2.49. The average Bonchev–Trinajstić information content (AvgIpc) is 2.45. The normalized spacial score (nSPS) is 10.9. The monoisotopic (exact) mass is 330 g/mol. The highest BCUT2D eigenvalue weighted by molar-refractivity contribution is 7.91. The number of hydrogen-bond donors (Lipinski definition) is 2. The van der Waals surface area contributed by atoms with Crippen molar-refractivity contribution in [2.45, 2.75) is 6.92 Å². The fourth-order valence-electron chi connectivity index (χ4n) is 1.41. The topological polar surface area (TPSA) is 98.5 Å². The Morgan fingerprint density at radius 1 is 1.33 bits per heavy atom. The third-order valence-corrected chi connectivity index (χ3v) is 4.63. The third-order valence-electron chi connectivity index (χ3n) is 2.68. The number of benzene rings is 1. The van der Waals surface area contributed by atoms with Gasteiger partial charge >= 0.3 is 0 Å². The Bertz CT molecular complexity index is 597. The molecule has 6 nitrogen and oxygen atoms in total. The van der Waals surface area contributed by atoms with E-state index >= 15 is 0 Å². The molecule has 0 unspecified atom stereocenters. The molecule has 116 valence electrons. The van der Waals surface area contributed by atoms with Gasteiger partial charge in [-0.3, -0.25) is 4.79 Å². The van der Waals surface area contributed by atoms with Crippen LogP contribution < -0.4 is 15.8 Å². The molecular formula is C13H18N2O4S2. The van der Waals surface area contributed by atoms with Gasteiger partial charge in [-0.1, -0.05) is 19.1 Å². The lowest BCUT2D eigenvalue weighted by molar-refractivity contribution is -0.122. The second-order valence-electron chi connectivity index (χ2n) is 4.26. The molecule has 0 heterocycles. The molecule has 0 aromatic heterocycles. The first-order valence-electron chi connectivity index (χ1n) is 6.34. The molecule has 1 amide bonds. The van der Waals surface area contributed by atoms with E-state index in [1.54, 1.807) is 31.2 Å². The second kappa shape index (κ2) is 7.94. The summed E-state index contributed by atoms with van der Waals surface area (Å²) in [5.74, 6) is 0.123. The molecule has 1 aromatic carbocycles. The number of rotatable bonds is 8. The minimum atomic E-state index is -3.07. The number of nitrogens with two attached hydrogens (primary N) is 1. The van der Waals surface area contributed by atoms with Crippen LogP contribution in [0.3, 0.4) is 0 Å². The van der Waals surface area contributed by atoms with Crippen molar-refractivity contribution in [2.75, 3.05) is 24.7 Å². The number of carbonyl (C=O) groups is 1. The van der Waals surface area contributed by atoms with Gasteiger partial charge in [-0.05, 0) is 24.3 Å². The quantitative estimate of drug-likeness (QED) is 0.663. The first-order chi connectivity index (χ1) is 9.84. The maximum Gasteiger partial charge on any atom is 0.257 e. The van der Waals surface area contributed by atoms with E-state index in [0.29, 0.717) is 11.3 Å². The first-order valence-corrected chi connectivity index (χ1v) is 8.57. The van der Waals surface area contributed by atoms with Gasteiger partial charge < -0.3 is 15.8 Å². The molecule has 1 rings (SSSR count). The number of ether oxygens (including phenoxy) is 1. The highest BCUT2D eigenvalue weighted by atomic mass is 32.2. The van der Waals surface area contributed by atoms with Crippen molar-refractivity contribution in [1.82, 2.24) is 5.32 Å². The Hall–Kier alpha value is -1.67. The van der Waals surface area contributed by atoms with E-state index in [0.717, 1.165) is 0 Å². The van der Waals surface area contributed by atoms with Crippen LogP contribution in [0.5, 0.6) is 5.75 Å². The molecule has 0 atom stereocenters. The number of sulfone groups is 1. The SMILES string of the molecule is CCS(=O)(=O)CCNC(=O)COc1ccc(C(N)=S)cc1. The maximum atomic E-state index is 11.5. The molecule has 0 fully saturated rings. The summed E-state index contributed by atoms with van der Waals surface area (Å²) in [6.45, 7) is 1.47. The van der Waals surface area contributed by atoms with E-state index in [-0.39, 0.29) is 35.6 Å². The van der Waals surface area contributed by atoms with Crippen LogP contribution in [-0.2, 0) is 14.6 Å². The molecule has 0 saturated carbocycles. The molecule has 1 aromatic rings. The van der Waals surface area contributed by atoms with Crippen LogP contribution in [0.4, 0.5) is 0 Å². The number of nitrogens with one attached hydrogen (secondary N) is 1. The van der Waals surface area contributed by atoms with Gasteiger partial charge in [0.1, 0.15) is 10.7 Å². The smallest absolute Gasteiger partial charge is 0.257 e. The second-order valence-corrected chi connectivity index (χ2v) is 7.18. The first kappa shape index (κ1) is 17.4. The number of thiocarbonyl (C=S) groups is 1. The summed E-state index contributed by atoms with van der Waals surface area (Å²) < 4.78 is 27.8. The summed E-state index contributed by atoms with van der Waals surface area (Å²) >= 11 is 4.82. The van der Waals surface area contributed by atoms with Crippen molar-refractivity contribution in [2.24, 2.45) is 5.73 Å². The van der Waals surface area contributed by atoms with E-state index in [4.69, 9.17) is 22.7 Å². The van der Waals surface area contributed by atoms with E-state index < -0.39 is 9.84 Å². The Balaban J connectivity index is 2.34. The molecule has 3 N–H and O–H groups in total. The minimum absolute atomic E-state index is 0.0642. The fourth-order valence-corrected chi connectivity index (χ4v) is 2.24. The van der Waals surface area contributed by atoms with Gasteiger partial charge in [0.15, 0.2) is 16.4 Å².